The number of hydrogen-bond acceptors (Lipinski definition) is 7. The Morgan fingerprint density at radius 2 is 1.75 bits per heavy atom. The lowest BCUT2D eigenvalue weighted by Crippen LogP contribution is -2.40. The number of aryl methyl sites for hydroxylation is 2. The Morgan fingerprint density at radius 1 is 0.950 bits per heavy atom. The summed E-state index contributed by atoms with van der Waals surface area (Å²) in [6.45, 7) is 2.38. The fourth-order valence-corrected chi connectivity index (χ4v) is 6.83. The van der Waals surface area contributed by atoms with Crippen molar-refractivity contribution in [2.45, 2.75) is 32.6 Å². The highest BCUT2D eigenvalue weighted by Crippen LogP contribution is 2.38. The Hall–Kier alpha value is -4.08. The van der Waals surface area contributed by atoms with Gasteiger partial charge in [-0.25, -0.2) is 14.8 Å². The molecule has 7 nitrogen and oxygen atoms in total. The van der Waals surface area contributed by atoms with Gasteiger partial charge in [0.25, 0.3) is 0 Å². The van der Waals surface area contributed by atoms with E-state index in [0.29, 0.717) is 35.4 Å². The third-order valence-corrected chi connectivity index (χ3v) is 8.93. The number of thiazole rings is 2. The Kier molecular flexibility index (Phi) is 7.57. The number of Topliss-reactive ketones (excluding diaryl/α,β-unsaturated/α-hetero) is 1. The molecule has 2 aromatic heterocycles. The molecule has 0 unspecified atom stereocenters. The zero-order valence-electron chi connectivity index (χ0n) is 22.1. The van der Waals surface area contributed by atoms with Gasteiger partial charge >= 0.3 is 6.03 Å². The normalized spacial score (nSPS) is 12.7. The van der Waals surface area contributed by atoms with E-state index in [9.17, 15) is 9.59 Å². The van der Waals surface area contributed by atoms with Gasteiger partial charge in [0.15, 0.2) is 10.9 Å². The summed E-state index contributed by atoms with van der Waals surface area (Å²) in [4.78, 5) is 37.7. The lowest BCUT2D eigenvalue weighted by atomic mass is 10.1. The maximum atomic E-state index is 13.3. The number of nitrogens with one attached hydrogen (secondary N) is 1. The molecular formula is C31H28N4O3S2. The summed E-state index contributed by atoms with van der Waals surface area (Å²) >= 11 is 3.00. The average molecular weight is 569 g/mol. The number of carbonyl (C=O) groups excluding carboxylic acids is 2. The molecule has 0 fully saturated rings. The van der Waals surface area contributed by atoms with Gasteiger partial charge in [0.2, 0.25) is 0 Å². The fourth-order valence-electron chi connectivity index (χ4n) is 4.83. The summed E-state index contributed by atoms with van der Waals surface area (Å²) in [5, 5.41) is 4.27. The number of ketones is 1. The lowest BCUT2D eigenvalue weighted by Gasteiger charge is -2.29. The topological polar surface area (TPSA) is 84.4 Å². The van der Waals surface area contributed by atoms with Gasteiger partial charge in [-0.05, 0) is 61.6 Å². The molecule has 0 atom stereocenters. The van der Waals surface area contributed by atoms with Crippen LogP contribution in [0.2, 0.25) is 0 Å². The fraction of sp³-hybridized carbons (Fsp3) is 0.226. The van der Waals surface area contributed by atoms with E-state index in [0.717, 1.165) is 51.3 Å². The monoisotopic (exact) mass is 568 g/mol. The number of fused-ring (bicyclic) bond motifs is 2. The summed E-state index contributed by atoms with van der Waals surface area (Å²) in [6, 6.07) is 23.7. The van der Waals surface area contributed by atoms with Crippen LogP contribution >= 0.6 is 22.7 Å². The van der Waals surface area contributed by atoms with Crippen molar-refractivity contribution in [2.75, 3.05) is 23.4 Å². The van der Waals surface area contributed by atoms with Crippen molar-refractivity contribution in [3.63, 3.8) is 0 Å². The molecule has 0 saturated heterocycles. The van der Waals surface area contributed by atoms with Crippen LogP contribution in [-0.2, 0) is 12.8 Å². The summed E-state index contributed by atoms with van der Waals surface area (Å²) < 4.78 is 6.87. The van der Waals surface area contributed by atoms with E-state index in [1.165, 1.54) is 16.9 Å². The van der Waals surface area contributed by atoms with E-state index in [1.54, 1.807) is 23.2 Å². The number of anilines is 2. The predicted octanol–water partition coefficient (Wildman–Crippen LogP) is 7.62. The molecule has 202 valence electrons. The number of ether oxygens (including phenoxy) is 1. The zero-order chi connectivity index (χ0) is 27.5. The number of para-hydroxylation sites is 1. The molecule has 1 aliphatic rings. The molecule has 6 rings (SSSR count). The quantitative estimate of drug-likeness (QED) is 0.154. The highest BCUT2D eigenvalue weighted by molar-refractivity contribution is 7.22. The summed E-state index contributed by atoms with van der Waals surface area (Å²) in [5.74, 6) is 0.609. The number of benzene rings is 3. The lowest BCUT2D eigenvalue weighted by molar-refractivity contribution is 0.101. The maximum absolute atomic E-state index is 13.3. The molecule has 3 heterocycles. The first-order chi connectivity index (χ1) is 19.5. The van der Waals surface area contributed by atoms with Crippen molar-refractivity contribution in [2.24, 2.45) is 0 Å². The Labute approximate surface area is 240 Å². The van der Waals surface area contributed by atoms with Gasteiger partial charge in [0, 0.05) is 17.4 Å². The zero-order valence-corrected chi connectivity index (χ0v) is 23.7. The number of carbonyl (C=O) groups is 2. The van der Waals surface area contributed by atoms with Crippen LogP contribution in [0, 0.1) is 0 Å². The van der Waals surface area contributed by atoms with E-state index in [1.807, 2.05) is 48.5 Å². The second-order valence-electron chi connectivity index (χ2n) is 9.64. The van der Waals surface area contributed by atoms with E-state index in [4.69, 9.17) is 9.72 Å². The van der Waals surface area contributed by atoms with Crippen LogP contribution in [-0.4, -0.2) is 34.9 Å². The highest BCUT2D eigenvalue weighted by Gasteiger charge is 2.26. The minimum atomic E-state index is -0.261. The van der Waals surface area contributed by atoms with E-state index in [-0.39, 0.29) is 11.8 Å². The predicted molar refractivity (Wildman–Crippen MR) is 162 cm³/mol. The molecule has 0 aliphatic carbocycles. The minimum absolute atomic E-state index is 0.0290. The van der Waals surface area contributed by atoms with Crippen molar-refractivity contribution in [1.82, 2.24) is 9.97 Å². The molecule has 0 bridgehead atoms. The van der Waals surface area contributed by atoms with Gasteiger partial charge in [-0.2, -0.15) is 0 Å². The molecule has 1 aliphatic heterocycles. The minimum Gasteiger partial charge on any atom is -0.490 e. The van der Waals surface area contributed by atoms with Gasteiger partial charge in [-0.15, -0.1) is 11.3 Å². The van der Waals surface area contributed by atoms with Gasteiger partial charge in [0.1, 0.15) is 23.1 Å². The highest BCUT2D eigenvalue weighted by atomic mass is 32.1. The first-order valence-corrected chi connectivity index (χ1v) is 14.9. The number of aromatic nitrogens is 2. The Morgan fingerprint density at radius 3 is 2.58 bits per heavy atom. The van der Waals surface area contributed by atoms with Crippen molar-refractivity contribution < 1.29 is 14.3 Å². The van der Waals surface area contributed by atoms with Gasteiger partial charge in [0.05, 0.1) is 22.4 Å². The third-order valence-electron chi connectivity index (χ3n) is 6.81. The number of hydrogen-bond donors (Lipinski definition) is 1. The number of amides is 2. The molecule has 0 radical (unpaired) electrons. The van der Waals surface area contributed by atoms with Crippen LogP contribution in [0.15, 0.2) is 72.8 Å². The molecule has 9 heteroatoms. The molecule has 0 spiro atoms. The molecule has 0 saturated carbocycles. The standard InChI is InChI=1S/C31H28N4O3S2/c1-20(36)28-27(14-7-5-11-21-9-3-2-4-10-21)39-29(33-28)22-15-16-25-24(19-22)35(17-18-38-25)31(37)34-30-32-23-12-6-8-13-26(23)40-30/h2-4,6,8-10,12-13,15-16,19H,5,7,11,14,17-18H2,1H3,(H,32,34,37). The van der Waals surface area contributed by atoms with Crippen LogP contribution in [0.5, 0.6) is 5.75 Å². The third kappa shape index (κ3) is 5.61. The first kappa shape index (κ1) is 26.2. The van der Waals surface area contributed by atoms with Gasteiger partial charge < -0.3 is 4.74 Å². The largest absolute Gasteiger partial charge is 0.490 e. The average Bonchev–Trinajstić information content (AvgIpc) is 3.59. The molecule has 3 aromatic carbocycles. The Bertz CT molecular complexity index is 1650. The first-order valence-electron chi connectivity index (χ1n) is 13.3. The molecular weight excluding hydrogens is 541 g/mol. The van der Waals surface area contributed by atoms with E-state index >= 15 is 0 Å². The van der Waals surface area contributed by atoms with Gasteiger partial charge in [-0.3, -0.25) is 15.0 Å². The van der Waals surface area contributed by atoms with Crippen LogP contribution in [0.25, 0.3) is 20.8 Å². The van der Waals surface area contributed by atoms with Crippen LogP contribution in [0.1, 0.15) is 40.7 Å². The number of rotatable bonds is 8. The van der Waals surface area contributed by atoms with Crippen molar-refractivity contribution >= 4 is 55.5 Å². The van der Waals surface area contributed by atoms with Crippen LogP contribution in [0.3, 0.4) is 0 Å². The number of urea groups is 1. The number of nitrogens with zero attached hydrogens (tertiary/aromatic N) is 3. The van der Waals surface area contributed by atoms with Crippen LogP contribution in [0.4, 0.5) is 15.6 Å². The summed E-state index contributed by atoms with van der Waals surface area (Å²) in [7, 11) is 0. The summed E-state index contributed by atoms with van der Waals surface area (Å²) in [5.41, 5.74) is 4.25. The molecule has 40 heavy (non-hydrogen) atoms. The Balaban J connectivity index is 1.20. The molecule has 2 amide bonds. The second-order valence-corrected chi connectivity index (χ2v) is 11.8. The SMILES string of the molecule is CC(=O)c1nc(-c2ccc3c(c2)N(C(=O)Nc2nc4ccccc4s2)CCO3)sc1CCCCc1ccccc1. The van der Waals surface area contributed by atoms with Gasteiger partial charge in [-0.1, -0.05) is 53.8 Å². The van der Waals surface area contributed by atoms with Crippen LogP contribution < -0.4 is 15.0 Å². The van der Waals surface area contributed by atoms with E-state index < -0.39 is 0 Å². The smallest absolute Gasteiger partial charge is 0.328 e. The maximum Gasteiger partial charge on any atom is 0.328 e. The van der Waals surface area contributed by atoms with E-state index in [2.05, 4.69) is 34.6 Å². The molecule has 5 aromatic rings. The van der Waals surface area contributed by atoms with Crippen molar-refractivity contribution in [1.29, 1.82) is 0 Å². The molecule has 1 N–H and O–H groups in total. The summed E-state index contributed by atoms with van der Waals surface area (Å²) in [6.07, 6.45) is 3.85. The second kappa shape index (κ2) is 11.6. The number of unbranched alkanes of at least 4 members (excludes halogenated alkanes) is 1. The van der Waals surface area contributed by atoms with Crippen molar-refractivity contribution in [3.8, 4) is 16.3 Å². The van der Waals surface area contributed by atoms with Crippen molar-refractivity contribution in [3.05, 3.63) is 88.9 Å².